The van der Waals surface area contributed by atoms with E-state index in [1.54, 1.807) is 6.07 Å². The summed E-state index contributed by atoms with van der Waals surface area (Å²) in [6.07, 6.45) is 1.38. The maximum Gasteiger partial charge on any atom is 0.244 e. The predicted octanol–water partition coefficient (Wildman–Crippen LogP) is 5.24. The smallest absolute Gasteiger partial charge is 0.244 e. The average Bonchev–Trinajstić information content (AvgIpc) is 2.90. The monoisotopic (exact) mass is 627 g/mol. The minimum absolute atomic E-state index is 0.142. The first-order valence-electron chi connectivity index (χ1n) is 13.3. The van der Waals surface area contributed by atoms with Crippen molar-refractivity contribution < 1.29 is 18.0 Å². The van der Waals surface area contributed by atoms with Gasteiger partial charge < -0.3 is 10.2 Å². The van der Waals surface area contributed by atoms with Crippen molar-refractivity contribution in [1.82, 2.24) is 10.2 Å². The number of benzene rings is 3. The Morgan fingerprint density at radius 1 is 0.925 bits per heavy atom. The summed E-state index contributed by atoms with van der Waals surface area (Å²) in [5.74, 6) is -0.516. The van der Waals surface area contributed by atoms with Crippen molar-refractivity contribution in [3.05, 3.63) is 99.5 Å². The van der Waals surface area contributed by atoms with Crippen LogP contribution in [-0.2, 0) is 32.6 Å². The van der Waals surface area contributed by atoms with Crippen molar-refractivity contribution in [2.75, 3.05) is 23.7 Å². The molecule has 1 atom stereocenters. The molecule has 3 aromatic rings. The van der Waals surface area contributed by atoms with Crippen LogP contribution in [-0.4, -0.2) is 50.5 Å². The number of halogens is 1. The number of sulfonamides is 1. The fourth-order valence-corrected chi connectivity index (χ4v) is 5.51. The Kier molecular flexibility index (Phi) is 10.9. The van der Waals surface area contributed by atoms with Crippen LogP contribution in [0.25, 0.3) is 0 Å². The summed E-state index contributed by atoms with van der Waals surface area (Å²) in [6, 6.07) is 21.7. The summed E-state index contributed by atoms with van der Waals surface area (Å²) in [4.78, 5) is 29.3. The van der Waals surface area contributed by atoms with Crippen LogP contribution < -0.4 is 9.62 Å². The number of carbonyl (C=O) groups excluding carboxylic acids is 2. The molecule has 1 N–H and O–H groups in total. The van der Waals surface area contributed by atoms with Gasteiger partial charge in [0, 0.05) is 24.0 Å². The molecule has 0 aliphatic rings. The van der Waals surface area contributed by atoms with Gasteiger partial charge in [-0.2, -0.15) is 0 Å². The molecule has 0 aliphatic carbocycles. The molecule has 0 spiro atoms. The van der Waals surface area contributed by atoms with Gasteiger partial charge in [-0.25, -0.2) is 8.42 Å². The van der Waals surface area contributed by atoms with Crippen molar-refractivity contribution in [3.8, 4) is 0 Å². The molecule has 3 aromatic carbocycles. The van der Waals surface area contributed by atoms with Crippen LogP contribution in [0.15, 0.2) is 77.3 Å². The molecule has 0 aromatic heterocycles. The zero-order valence-corrected chi connectivity index (χ0v) is 26.1. The Hall–Kier alpha value is -3.17. The summed E-state index contributed by atoms with van der Waals surface area (Å²) in [5, 5.41) is 2.99. The van der Waals surface area contributed by atoms with Crippen LogP contribution in [0, 0.1) is 19.8 Å². The van der Waals surface area contributed by atoms with E-state index in [9.17, 15) is 18.0 Å². The summed E-state index contributed by atoms with van der Waals surface area (Å²) >= 11 is 3.45. The lowest BCUT2D eigenvalue weighted by Gasteiger charge is -2.34. The molecule has 0 fully saturated rings. The van der Waals surface area contributed by atoms with Crippen molar-refractivity contribution in [2.45, 2.75) is 46.7 Å². The van der Waals surface area contributed by atoms with Crippen LogP contribution in [0.1, 0.15) is 36.1 Å². The van der Waals surface area contributed by atoms with Gasteiger partial charge in [-0.05, 0) is 60.2 Å². The van der Waals surface area contributed by atoms with Gasteiger partial charge in [0.25, 0.3) is 0 Å². The third-order valence-corrected chi connectivity index (χ3v) is 8.19. The van der Waals surface area contributed by atoms with E-state index in [1.165, 1.54) is 4.90 Å². The van der Waals surface area contributed by atoms with Crippen LogP contribution in [0.3, 0.4) is 0 Å². The van der Waals surface area contributed by atoms with E-state index in [4.69, 9.17) is 0 Å². The first-order chi connectivity index (χ1) is 18.8. The molecule has 0 bridgehead atoms. The quantitative estimate of drug-likeness (QED) is 0.297. The molecule has 7 nitrogen and oxygen atoms in total. The lowest BCUT2D eigenvalue weighted by Crippen LogP contribution is -2.53. The van der Waals surface area contributed by atoms with E-state index in [-0.39, 0.29) is 24.8 Å². The van der Waals surface area contributed by atoms with Crippen LogP contribution in [0.2, 0.25) is 0 Å². The summed E-state index contributed by atoms with van der Waals surface area (Å²) < 4.78 is 28.0. The molecule has 0 aliphatic heterocycles. The topological polar surface area (TPSA) is 86.8 Å². The van der Waals surface area contributed by atoms with Gasteiger partial charge in [0.2, 0.25) is 21.8 Å². The minimum Gasteiger partial charge on any atom is -0.354 e. The highest BCUT2D eigenvalue weighted by Gasteiger charge is 2.33. The van der Waals surface area contributed by atoms with Crippen LogP contribution >= 0.6 is 15.9 Å². The maximum atomic E-state index is 14.1. The van der Waals surface area contributed by atoms with Gasteiger partial charge in [0.15, 0.2) is 0 Å². The van der Waals surface area contributed by atoms with Crippen LogP contribution in [0.4, 0.5) is 5.69 Å². The third kappa shape index (κ3) is 8.93. The van der Waals surface area contributed by atoms with Gasteiger partial charge in [-0.1, -0.05) is 84.4 Å². The molecule has 9 heteroatoms. The number of rotatable bonds is 12. The van der Waals surface area contributed by atoms with E-state index in [0.29, 0.717) is 12.2 Å². The largest absolute Gasteiger partial charge is 0.354 e. The molecule has 0 saturated heterocycles. The normalized spacial score (nSPS) is 12.2. The Morgan fingerprint density at radius 2 is 1.57 bits per heavy atom. The van der Waals surface area contributed by atoms with Crippen molar-refractivity contribution in [1.29, 1.82) is 0 Å². The van der Waals surface area contributed by atoms with Gasteiger partial charge in [-0.3, -0.25) is 13.9 Å². The Morgan fingerprint density at radius 3 is 2.17 bits per heavy atom. The van der Waals surface area contributed by atoms with E-state index in [2.05, 4.69) is 21.2 Å². The molecule has 0 saturated carbocycles. The van der Waals surface area contributed by atoms with E-state index in [1.807, 2.05) is 94.4 Å². The van der Waals surface area contributed by atoms with Gasteiger partial charge in [0.05, 0.1) is 11.9 Å². The molecular formula is C31H38BrN3O4S. The number of hydrogen-bond donors (Lipinski definition) is 1. The second-order valence-corrected chi connectivity index (χ2v) is 13.4. The lowest BCUT2D eigenvalue weighted by atomic mass is 10.0. The fraction of sp³-hybridized carbons (Fsp3) is 0.355. The highest BCUT2D eigenvalue weighted by molar-refractivity contribution is 9.10. The summed E-state index contributed by atoms with van der Waals surface area (Å²) in [5.41, 5.74) is 3.78. The second kappa shape index (κ2) is 13.9. The number of anilines is 1. The van der Waals surface area contributed by atoms with E-state index >= 15 is 0 Å². The highest BCUT2D eigenvalue weighted by Crippen LogP contribution is 2.25. The Balaban J connectivity index is 2.06. The van der Waals surface area contributed by atoms with Gasteiger partial charge in [-0.15, -0.1) is 0 Å². The molecule has 2 amide bonds. The zero-order valence-electron chi connectivity index (χ0n) is 23.7. The molecule has 0 radical (unpaired) electrons. The third-order valence-electron chi connectivity index (χ3n) is 6.53. The van der Waals surface area contributed by atoms with Crippen LogP contribution in [0.5, 0.6) is 0 Å². The number of nitrogens with zero attached hydrogens (tertiary/aromatic N) is 2. The molecule has 3 rings (SSSR count). The molecule has 0 unspecified atom stereocenters. The number of hydrogen-bond acceptors (Lipinski definition) is 4. The van der Waals surface area contributed by atoms with E-state index < -0.39 is 28.5 Å². The first-order valence-corrected chi connectivity index (χ1v) is 15.9. The molecular weight excluding hydrogens is 590 g/mol. The molecule has 40 heavy (non-hydrogen) atoms. The van der Waals surface area contributed by atoms with Crippen molar-refractivity contribution in [3.63, 3.8) is 0 Å². The second-order valence-electron chi connectivity index (χ2n) is 10.6. The van der Waals surface area contributed by atoms with Gasteiger partial charge in [0.1, 0.15) is 12.6 Å². The first kappa shape index (κ1) is 31.4. The number of aryl methyl sites for hydroxylation is 2. The number of nitrogens with one attached hydrogen (secondary N) is 1. The fourth-order valence-electron chi connectivity index (χ4n) is 4.35. The standard InChI is InChI=1S/C31H38BrN3O4S/c1-22(2)19-33-31(37)29(18-25-9-7-6-8-10-25)34(20-26-13-15-27(32)16-14-26)30(36)21-35(40(5,38)39)28-17-23(3)11-12-24(28)4/h6-17,22,29H,18-21H2,1-5H3,(H,33,37)/t29-/m0/s1. The lowest BCUT2D eigenvalue weighted by molar-refractivity contribution is -0.140. The van der Waals surface area contributed by atoms with Crippen molar-refractivity contribution >= 4 is 43.5 Å². The average molecular weight is 629 g/mol. The molecule has 0 heterocycles. The highest BCUT2D eigenvalue weighted by atomic mass is 79.9. The Bertz CT molecular complexity index is 1410. The maximum absolute atomic E-state index is 14.1. The molecule has 214 valence electrons. The zero-order chi connectivity index (χ0) is 29.4. The van der Waals surface area contributed by atoms with E-state index in [0.717, 1.165) is 37.3 Å². The van der Waals surface area contributed by atoms with Crippen molar-refractivity contribution in [2.24, 2.45) is 5.92 Å². The number of amides is 2. The predicted molar refractivity (Wildman–Crippen MR) is 165 cm³/mol. The SMILES string of the molecule is Cc1ccc(C)c(N(CC(=O)N(Cc2ccc(Br)cc2)[C@@H](Cc2ccccc2)C(=O)NCC(C)C)S(C)(=O)=O)c1. The summed E-state index contributed by atoms with van der Waals surface area (Å²) in [7, 11) is -3.81. The Labute approximate surface area is 246 Å². The summed E-state index contributed by atoms with van der Waals surface area (Å²) in [6.45, 7) is 7.87. The minimum atomic E-state index is -3.81. The number of carbonyl (C=O) groups is 2. The van der Waals surface area contributed by atoms with Gasteiger partial charge >= 0.3 is 0 Å².